The first-order chi connectivity index (χ1) is 9.31. The van der Waals surface area contributed by atoms with E-state index in [1.54, 1.807) is 18.3 Å². The topological polar surface area (TPSA) is 48.7 Å². The predicted molar refractivity (Wildman–Crippen MR) is 70.8 cm³/mol. The molecule has 2 rings (SSSR count). The molecule has 0 bridgehead atoms. The molecule has 0 atom stereocenters. The minimum Gasteiger partial charge on any atom is -0.312 e. The van der Waals surface area contributed by atoms with E-state index < -0.39 is 5.82 Å². The lowest BCUT2D eigenvalue weighted by Crippen LogP contribution is -2.18. The minimum atomic E-state index is -0.435. The molecule has 0 amide bonds. The van der Waals surface area contributed by atoms with Crippen LogP contribution >= 0.6 is 0 Å². The Morgan fingerprint density at radius 1 is 1.21 bits per heavy atom. The van der Waals surface area contributed by atoms with Crippen LogP contribution in [0.2, 0.25) is 0 Å². The fraction of sp³-hybridized carbons (Fsp3) is 0.200. The lowest BCUT2D eigenvalue weighted by Gasteiger charge is -2.06. The standard InChI is InChI=1S/C15H14FN3/c16-15-12(10-17)4-3-5-13(15)11-18-9-7-14-6-1-2-8-19-14/h1-6,8,18H,7,9,11H2. The van der Waals surface area contributed by atoms with E-state index in [1.165, 1.54) is 6.07 Å². The summed E-state index contributed by atoms with van der Waals surface area (Å²) in [6.07, 6.45) is 2.55. The van der Waals surface area contributed by atoms with Gasteiger partial charge in [-0.3, -0.25) is 4.98 Å². The number of aromatic nitrogens is 1. The molecular weight excluding hydrogens is 241 g/mol. The molecule has 0 saturated heterocycles. The summed E-state index contributed by atoms with van der Waals surface area (Å²) in [5.41, 5.74) is 1.60. The Kier molecular flexibility index (Phi) is 4.60. The summed E-state index contributed by atoms with van der Waals surface area (Å²) in [5.74, 6) is -0.435. The van der Waals surface area contributed by atoms with Crippen molar-refractivity contribution in [2.24, 2.45) is 0 Å². The van der Waals surface area contributed by atoms with Crippen LogP contribution in [0.25, 0.3) is 0 Å². The number of nitrogens with zero attached hydrogens (tertiary/aromatic N) is 2. The maximum atomic E-state index is 13.7. The van der Waals surface area contributed by atoms with Crippen molar-refractivity contribution in [3.8, 4) is 6.07 Å². The highest BCUT2D eigenvalue weighted by Gasteiger charge is 2.06. The number of rotatable bonds is 5. The van der Waals surface area contributed by atoms with Crippen LogP contribution in [0.5, 0.6) is 0 Å². The zero-order valence-corrected chi connectivity index (χ0v) is 10.4. The zero-order valence-electron chi connectivity index (χ0n) is 10.4. The van der Waals surface area contributed by atoms with Crippen LogP contribution in [-0.4, -0.2) is 11.5 Å². The van der Waals surface area contributed by atoms with Crippen LogP contribution in [0.3, 0.4) is 0 Å². The van der Waals surface area contributed by atoms with Gasteiger partial charge in [0.2, 0.25) is 0 Å². The molecule has 1 heterocycles. The van der Waals surface area contributed by atoms with Gasteiger partial charge in [0.1, 0.15) is 11.9 Å². The molecule has 1 aromatic carbocycles. The fourth-order valence-electron chi connectivity index (χ4n) is 1.79. The molecule has 0 aliphatic rings. The second-order valence-corrected chi connectivity index (χ2v) is 4.14. The summed E-state index contributed by atoms with van der Waals surface area (Å²) in [4.78, 5) is 4.21. The van der Waals surface area contributed by atoms with Gasteiger partial charge in [-0.2, -0.15) is 5.26 Å². The number of nitrogens with one attached hydrogen (secondary N) is 1. The average Bonchev–Trinajstić information content (AvgIpc) is 2.46. The van der Waals surface area contributed by atoms with Crippen molar-refractivity contribution < 1.29 is 4.39 Å². The molecule has 3 nitrogen and oxygen atoms in total. The normalized spacial score (nSPS) is 10.1. The molecule has 0 spiro atoms. The van der Waals surface area contributed by atoms with Crippen molar-refractivity contribution in [2.45, 2.75) is 13.0 Å². The van der Waals surface area contributed by atoms with Gasteiger partial charge < -0.3 is 5.32 Å². The molecular formula is C15H14FN3. The number of hydrogen-bond donors (Lipinski definition) is 1. The van der Waals surface area contributed by atoms with E-state index in [0.29, 0.717) is 18.7 Å². The van der Waals surface area contributed by atoms with Crippen LogP contribution < -0.4 is 5.32 Å². The third kappa shape index (κ3) is 3.60. The van der Waals surface area contributed by atoms with Crippen LogP contribution in [-0.2, 0) is 13.0 Å². The quantitative estimate of drug-likeness (QED) is 0.835. The second-order valence-electron chi connectivity index (χ2n) is 4.14. The van der Waals surface area contributed by atoms with Crippen molar-refractivity contribution in [3.63, 3.8) is 0 Å². The lowest BCUT2D eigenvalue weighted by atomic mass is 10.1. The van der Waals surface area contributed by atoms with Gasteiger partial charge in [0.25, 0.3) is 0 Å². The maximum Gasteiger partial charge on any atom is 0.145 e. The van der Waals surface area contributed by atoms with E-state index in [2.05, 4.69) is 10.3 Å². The molecule has 0 aliphatic carbocycles. The number of benzene rings is 1. The van der Waals surface area contributed by atoms with E-state index in [9.17, 15) is 4.39 Å². The van der Waals surface area contributed by atoms with E-state index in [1.807, 2.05) is 24.3 Å². The van der Waals surface area contributed by atoms with Crippen LogP contribution in [0.15, 0.2) is 42.6 Å². The van der Waals surface area contributed by atoms with Crippen LogP contribution in [0, 0.1) is 17.1 Å². The molecule has 96 valence electrons. The van der Waals surface area contributed by atoms with Crippen molar-refractivity contribution in [1.82, 2.24) is 10.3 Å². The first-order valence-corrected chi connectivity index (χ1v) is 6.09. The molecule has 0 radical (unpaired) electrons. The molecule has 0 saturated carbocycles. The number of hydrogen-bond acceptors (Lipinski definition) is 3. The molecule has 0 fully saturated rings. The van der Waals surface area contributed by atoms with Gasteiger partial charge in [-0.15, -0.1) is 0 Å². The summed E-state index contributed by atoms with van der Waals surface area (Å²) in [7, 11) is 0. The number of pyridine rings is 1. The highest BCUT2D eigenvalue weighted by molar-refractivity contribution is 5.34. The van der Waals surface area contributed by atoms with E-state index in [-0.39, 0.29) is 5.56 Å². The molecule has 0 aliphatic heterocycles. The van der Waals surface area contributed by atoms with E-state index >= 15 is 0 Å². The zero-order chi connectivity index (χ0) is 13.5. The van der Waals surface area contributed by atoms with Crippen LogP contribution in [0.4, 0.5) is 4.39 Å². The SMILES string of the molecule is N#Cc1cccc(CNCCc2ccccn2)c1F. The highest BCUT2D eigenvalue weighted by Crippen LogP contribution is 2.11. The Balaban J connectivity index is 1.85. The molecule has 19 heavy (non-hydrogen) atoms. The van der Waals surface area contributed by atoms with Gasteiger partial charge in [-0.05, 0) is 18.2 Å². The maximum absolute atomic E-state index is 13.7. The Bertz CT molecular complexity index is 576. The van der Waals surface area contributed by atoms with E-state index in [4.69, 9.17) is 5.26 Å². The highest BCUT2D eigenvalue weighted by atomic mass is 19.1. The molecule has 0 unspecified atom stereocenters. The molecule has 1 N–H and O–H groups in total. The third-order valence-electron chi connectivity index (χ3n) is 2.80. The van der Waals surface area contributed by atoms with Crippen molar-refractivity contribution in [3.05, 3.63) is 65.2 Å². The number of halogens is 1. The summed E-state index contributed by atoms with van der Waals surface area (Å²) in [6, 6.07) is 12.5. The van der Waals surface area contributed by atoms with Gasteiger partial charge in [0.15, 0.2) is 0 Å². The van der Waals surface area contributed by atoms with Gasteiger partial charge in [-0.1, -0.05) is 18.2 Å². The van der Waals surface area contributed by atoms with Gasteiger partial charge >= 0.3 is 0 Å². The van der Waals surface area contributed by atoms with Crippen molar-refractivity contribution in [1.29, 1.82) is 5.26 Å². The Morgan fingerprint density at radius 3 is 2.84 bits per heavy atom. The molecule has 1 aromatic heterocycles. The molecule has 2 aromatic rings. The largest absolute Gasteiger partial charge is 0.312 e. The van der Waals surface area contributed by atoms with E-state index in [0.717, 1.165) is 12.1 Å². The Morgan fingerprint density at radius 2 is 2.11 bits per heavy atom. The summed E-state index contributed by atoms with van der Waals surface area (Å²) >= 11 is 0. The average molecular weight is 255 g/mol. The first kappa shape index (κ1) is 13.2. The van der Waals surface area contributed by atoms with Gasteiger partial charge in [-0.25, -0.2) is 4.39 Å². The summed E-state index contributed by atoms with van der Waals surface area (Å²) < 4.78 is 13.7. The fourth-order valence-corrected chi connectivity index (χ4v) is 1.79. The van der Waals surface area contributed by atoms with Gasteiger partial charge in [0.05, 0.1) is 5.56 Å². The molecule has 4 heteroatoms. The third-order valence-corrected chi connectivity index (χ3v) is 2.80. The Hall–Kier alpha value is -2.25. The summed E-state index contributed by atoms with van der Waals surface area (Å²) in [5, 5.41) is 11.9. The monoisotopic (exact) mass is 255 g/mol. The smallest absolute Gasteiger partial charge is 0.145 e. The Labute approximate surface area is 111 Å². The minimum absolute atomic E-state index is 0.0871. The van der Waals surface area contributed by atoms with Gasteiger partial charge in [0, 0.05) is 37.0 Å². The first-order valence-electron chi connectivity index (χ1n) is 6.09. The number of nitriles is 1. The second kappa shape index (κ2) is 6.62. The lowest BCUT2D eigenvalue weighted by molar-refractivity contribution is 0.584. The summed E-state index contributed by atoms with van der Waals surface area (Å²) in [6.45, 7) is 1.13. The van der Waals surface area contributed by atoms with Crippen molar-refractivity contribution >= 4 is 0 Å². The van der Waals surface area contributed by atoms with Crippen LogP contribution in [0.1, 0.15) is 16.8 Å². The predicted octanol–water partition coefficient (Wildman–Crippen LogP) is 2.42. The van der Waals surface area contributed by atoms with Crippen molar-refractivity contribution in [2.75, 3.05) is 6.54 Å².